The van der Waals surface area contributed by atoms with Crippen molar-refractivity contribution in [2.75, 3.05) is 6.54 Å². The number of aromatic nitrogens is 1. The molecule has 1 aliphatic heterocycles. The lowest BCUT2D eigenvalue weighted by molar-refractivity contribution is -0.122. The topological polar surface area (TPSA) is 42.3 Å². The highest BCUT2D eigenvalue weighted by atomic mass is 35.5. The zero-order chi connectivity index (χ0) is 19.0. The van der Waals surface area contributed by atoms with Crippen LogP contribution in [-0.4, -0.2) is 27.2 Å². The summed E-state index contributed by atoms with van der Waals surface area (Å²) in [6, 6.07) is 7.24. The molecule has 0 unspecified atom stereocenters. The van der Waals surface area contributed by atoms with Crippen LogP contribution >= 0.6 is 35.0 Å². The van der Waals surface area contributed by atoms with Crippen molar-refractivity contribution in [1.82, 2.24) is 9.47 Å². The summed E-state index contributed by atoms with van der Waals surface area (Å²) in [4.78, 5) is 25.7. The van der Waals surface area contributed by atoms with E-state index in [1.54, 1.807) is 18.2 Å². The van der Waals surface area contributed by atoms with Crippen LogP contribution in [0.25, 0.3) is 11.8 Å². The minimum absolute atomic E-state index is 0.0264. The Kier molecular flexibility index (Phi) is 5.19. The van der Waals surface area contributed by atoms with Crippen LogP contribution in [0.2, 0.25) is 10.0 Å². The smallest absolute Gasteiger partial charge is 0.294 e. The average Bonchev–Trinajstić information content (AvgIpc) is 2.99. The minimum atomic E-state index is -0.368. The molecule has 1 fully saturated rings. The lowest BCUT2D eigenvalue weighted by atomic mass is 10.2. The molecule has 1 aromatic heterocycles. The van der Waals surface area contributed by atoms with Gasteiger partial charge in [-0.05, 0) is 61.5 Å². The van der Waals surface area contributed by atoms with Gasteiger partial charge in [0.25, 0.3) is 11.1 Å². The maximum Gasteiger partial charge on any atom is 0.294 e. The van der Waals surface area contributed by atoms with Gasteiger partial charge in [-0.15, -0.1) is 6.42 Å². The first kappa shape index (κ1) is 18.7. The number of carbonyl (C=O) groups excluding carboxylic acids is 2. The molecule has 0 aliphatic carbocycles. The second kappa shape index (κ2) is 7.24. The summed E-state index contributed by atoms with van der Waals surface area (Å²) in [7, 11) is 0. The Morgan fingerprint density at radius 1 is 1.23 bits per heavy atom. The number of halogens is 2. The van der Waals surface area contributed by atoms with Gasteiger partial charge in [-0.25, -0.2) is 0 Å². The fourth-order valence-corrected chi connectivity index (χ4v) is 4.16. The molecule has 4 nitrogen and oxygen atoms in total. The molecule has 0 atom stereocenters. The fraction of sp³-hybridized carbons (Fsp3) is 0.158. The van der Waals surface area contributed by atoms with Crippen LogP contribution < -0.4 is 0 Å². The standard InChI is InChI=1S/C19H14Cl2N2O2S/c1-4-7-22-18(24)17(26-19(22)25)9-13-8-11(2)23(12(13)3)16-6-5-14(20)10-15(16)21/h1,5-6,8-10H,7H2,2-3H3/b17-9+. The van der Waals surface area contributed by atoms with Crippen molar-refractivity contribution in [3.8, 4) is 18.0 Å². The van der Waals surface area contributed by atoms with Crippen molar-refractivity contribution >= 4 is 52.2 Å². The largest absolute Gasteiger partial charge is 0.316 e. The predicted octanol–water partition coefficient (Wildman–Crippen LogP) is 5.07. The molecule has 2 aromatic rings. The molecule has 0 bridgehead atoms. The SMILES string of the molecule is C#CCN1C(=O)S/C(=C/c2cc(C)n(-c3ccc(Cl)cc3Cl)c2C)C1=O. The first-order valence-corrected chi connectivity index (χ1v) is 9.24. The molecule has 0 N–H and O–H groups in total. The summed E-state index contributed by atoms with van der Waals surface area (Å²) in [5, 5.41) is 0.734. The normalized spacial score (nSPS) is 15.8. The molecule has 26 heavy (non-hydrogen) atoms. The molecule has 132 valence electrons. The van der Waals surface area contributed by atoms with Crippen molar-refractivity contribution < 1.29 is 9.59 Å². The molecule has 0 radical (unpaired) electrons. The van der Waals surface area contributed by atoms with Gasteiger partial charge in [0.1, 0.15) is 0 Å². The highest BCUT2D eigenvalue weighted by Crippen LogP contribution is 2.34. The monoisotopic (exact) mass is 404 g/mol. The Bertz CT molecular complexity index is 1000. The number of aryl methyl sites for hydroxylation is 1. The number of imide groups is 1. The average molecular weight is 405 g/mol. The third-order valence-corrected chi connectivity index (χ3v) is 5.48. The van der Waals surface area contributed by atoms with E-state index in [9.17, 15) is 9.59 Å². The van der Waals surface area contributed by atoms with Crippen LogP contribution in [0.5, 0.6) is 0 Å². The van der Waals surface area contributed by atoms with Crippen LogP contribution in [0, 0.1) is 26.2 Å². The molecule has 7 heteroatoms. The van der Waals surface area contributed by atoms with E-state index >= 15 is 0 Å². The summed E-state index contributed by atoms with van der Waals surface area (Å²) >= 11 is 13.2. The van der Waals surface area contributed by atoms with Crippen LogP contribution in [0.15, 0.2) is 29.2 Å². The molecule has 0 spiro atoms. The molecule has 0 saturated carbocycles. The van der Waals surface area contributed by atoms with Gasteiger partial charge in [0.15, 0.2) is 0 Å². The van der Waals surface area contributed by atoms with Gasteiger partial charge >= 0.3 is 0 Å². The number of hydrogen-bond acceptors (Lipinski definition) is 3. The number of rotatable bonds is 3. The van der Waals surface area contributed by atoms with Gasteiger partial charge in [-0.2, -0.15) is 0 Å². The maximum atomic E-state index is 12.4. The van der Waals surface area contributed by atoms with E-state index in [1.807, 2.05) is 30.5 Å². The lowest BCUT2D eigenvalue weighted by Gasteiger charge is -2.12. The molecule has 2 amide bonds. The van der Waals surface area contributed by atoms with Gasteiger partial charge in [-0.3, -0.25) is 14.5 Å². The molecular formula is C19H14Cl2N2O2S. The number of hydrogen-bond donors (Lipinski definition) is 0. The highest BCUT2D eigenvalue weighted by Gasteiger charge is 2.34. The molecule has 2 heterocycles. The third kappa shape index (κ3) is 3.28. The lowest BCUT2D eigenvalue weighted by Crippen LogP contribution is -2.28. The molecule has 1 aromatic carbocycles. The highest BCUT2D eigenvalue weighted by molar-refractivity contribution is 8.18. The first-order valence-electron chi connectivity index (χ1n) is 7.66. The van der Waals surface area contributed by atoms with Gasteiger partial charge in [0.05, 0.1) is 22.2 Å². The van der Waals surface area contributed by atoms with E-state index in [0.29, 0.717) is 15.0 Å². The Morgan fingerprint density at radius 3 is 2.62 bits per heavy atom. The second-order valence-electron chi connectivity index (χ2n) is 5.73. The second-order valence-corrected chi connectivity index (χ2v) is 7.57. The van der Waals surface area contributed by atoms with Gasteiger partial charge in [0.2, 0.25) is 0 Å². The molecular weight excluding hydrogens is 391 g/mol. The van der Waals surface area contributed by atoms with Crippen molar-refractivity contribution in [3.05, 3.63) is 56.2 Å². The number of terminal acetylenes is 1. The van der Waals surface area contributed by atoms with Crippen LogP contribution in [-0.2, 0) is 4.79 Å². The van der Waals surface area contributed by atoms with E-state index in [0.717, 1.165) is 39.3 Å². The Labute approximate surface area is 165 Å². The van der Waals surface area contributed by atoms with Crippen LogP contribution in [0.4, 0.5) is 4.79 Å². The summed E-state index contributed by atoms with van der Waals surface area (Å²) < 4.78 is 1.98. The van der Waals surface area contributed by atoms with E-state index in [4.69, 9.17) is 29.6 Å². The van der Waals surface area contributed by atoms with E-state index in [2.05, 4.69) is 5.92 Å². The van der Waals surface area contributed by atoms with E-state index in [-0.39, 0.29) is 17.7 Å². The van der Waals surface area contributed by atoms with Crippen molar-refractivity contribution in [2.24, 2.45) is 0 Å². The first-order chi connectivity index (χ1) is 12.3. The summed E-state index contributed by atoms with van der Waals surface area (Å²) in [5.74, 6) is 1.96. The van der Waals surface area contributed by atoms with Gasteiger partial charge in [0, 0.05) is 16.4 Å². The summed E-state index contributed by atoms with van der Waals surface area (Å²) in [6.45, 7) is 3.84. The molecule has 1 saturated heterocycles. The van der Waals surface area contributed by atoms with Crippen molar-refractivity contribution in [3.63, 3.8) is 0 Å². The quantitative estimate of drug-likeness (QED) is 0.529. The van der Waals surface area contributed by atoms with Crippen LogP contribution in [0.1, 0.15) is 17.0 Å². The van der Waals surface area contributed by atoms with Gasteiger partial charge in [-0.1, -0.05) is 29.1 Å². The van der Waals surface area contributed by atoms with Crippen molar-refractivity contribution in [1.29, 1.82) is 0 Å². The van der Waals surface area contributed by atoms with E-state index < -0.39 is 0 Å². The molecule has 3 rings (SSSR count). The number of carbonyl (C=O) groups is 2. The Balaban J connectivity index is 2.03. The van der Waals surface area contributed by atoms with Crippen LogP contribution in [0.3, 0.4) is 0 Å². The minimum Gasteiger partial charge on any atom is -0.316 e. The summed E-state index contributed by atoms with van der Waals surface area (Å²) in [6.07, 6.45) is 6.93. The zero-order valence-electron chi connectivity index (χ0n) is 14.0. The fourth-order valence-electron chi connectivity index (χ4n) is 2.84. The number of amides is 2. The Morgan fingerprint density at radius 2 is 1.96 bits per heavy atom. The number of thioether (sulfide) groups is 1. The summed E-state index contributed by atoms with van der Waals surface area (Å²) in [5.41, 5.74) is 3.47. The maximum absolute atomic E-state index is 12.4. The third-order valence-electron chi connectivity index (χ3n) is 4.03. The number of nitrogens with zero attached hydrogens (tertiary/aromatic N) is 2. The predicted molar refractivity (Wildman–Crippen MR) is 107 cm³/mol. The van der Waals surface area contributed by atoms with Crippen molar-refractivity contribution in [2.45, 2.75) is 13.8 Å². The zero-order valence-corrected chi connectivity index (χ0v) is 16.4. The molecule has 1 aliphatic rings. The number of benzene rings is 1. The van der Waals surface area contributed by atoms with Gasteiger partial charge < -0.3 is 4.57 Å². The Hall–Kier alpha value is -2.13. The van der Waals surface area contributed by atoms with E-state index in [1.165, 1.54) is 0 Å².